The van der Waals surface area contributed by atoms with Gasteiger partial charge in [0.2, 0.25) is 5.91 Å². The predicted molar refractivity (Wildman–Crippen MR) is 58.6 cm³/mol. The summed E-state index contributed by atoms with van der Waals surface area (Å²) in [4.78, 5) is 15.7. The lowest BCUT2D eigenvalue weighted by atomic mass is 10.1. The highest BCUT2D eigenvalue weighted by molar-refractivity contribution is 6.18. The quantitative estimate of drug-likeness (QED) is 0.661. The Morgan fingerprint density at radius 3 is 2.57 bits per heavy atom. The number of likely N-dealkylation sites (tertiary alicyclic amines) is 1. The molecule has 0 bridgehead atoms. The molecule has 1 heterocycles. The lowest BCUT2D eigenvalue weighted by Crippen LogP contribution is -2.35. The average Bonchev–Trinajstić information content (AvgIpc) is 2.48. The Bertz CT molecular complexity index is 208. The number of likely N-dealkylation sites (N-methyl/N-ethyl adjacent to an activating group) is 1. The zero-order valence-corrected chi connectivity index (χ0v) is 9.92. The highest BCUT2D eigenvalue weighted by Gasteiger charge is 2.32. The molecule has 0 aromatic heterocycles. The molecular formula is C10H19ClN2O. The molecule has 14 heavy (non-hydrogen) atoms. The minimum Gasteiger partial charge on any atom is -0.341 e. The van der Waals surface area contributed by atoms with E-state index < -0.39 is 0 Å². The van der Waals surface area contributed by atoms with E-state index in [0.29, 0.717) is 24.3 Å². The molecule has 0 aliphatic carbocycles. The van der Waals surface area contributed by atoms with Crippen LogP contribution < -0.4 is 0 Å². The van der Waals surface area contributed by atoms with Crippen LogP contribution in [0.15, 0.2) is 0 Å². The van der Waals surface area contributed by atoms with Gasteiger partial charge in [-0.25, -0.2) is 0 Å². The van der Waals surface area contributed by atoms with Crippen molar-refractivity contribution in [3.63, 3.8) is 0 Å². The van der Waals surface area contributed by atoms with E-state index in [1.54, 1.807) is 0 Å². The summed E-state index contributed by atoms with van der Waals surface area (Å²) in [5.74, 6) is 1.18. The van der Waals surface area contributed by atoms with Crippen LogP contribution in [0.25, 0.3) is 0 Å². The molecular weight excluding hydrogens is 200 g/mol. The molecule has 1 aliphatic heterocycles. The van der Waals surface area contributed by atoms with E-state index in [1.807, 2.05) is 4.90 Å². The van der Waals surface area contributed by atoms with E-state index in [2.05, 4.69) is 25.9 Å². The molecule has 0 aromatic rings. The molecule has 3 nitrogen and oxygen atoms in total. The van der Waals surface area contributed by atoms with Crippen molar-refractivity contribution in [2.75, 3.05) is 33.1 Å². The Kier molecular flexibility index (Phi) is 4.20. The first-order valence-corrected chi connectivity index (χ1v) is 5.60. The van der Waals surface area contributed by atoms with Crippen molar-refractivity contribution in [1.82, 2.24) is 9.80 Å². The fraction of sp³-hybridized carbons (Fsp3) is 0.900. The summed E-state index contributed by atoms with van der Waals surface area (Å²) in [6, 6.07) is 0.495. The third-order valence-electron chi connectivity index (χ3n) is 2.90. The Morgan fingerprint density at radius 2 is 2.14 bits per heavy atom. The molecule has 0 radical (unpaired) electrons. The number of carbonyl (C=O) groups excluding carboxylic acids is 1. The number of nitrogens with zero attached hydrogens (tertiary/aromatic N) is 2. The van der Waals surface area contributed by atoms with Crippen LogP contribution >= 0.6 is 11.6 Å². The molecule has 1 fully saturated rings. The molecule has 1 aliphatic rings. The normalized spacial score (nSPS) is 27.4. The number of rotatable bonds is 3. The smallest absolute Gasteiger partial charge is 0.223 e. The molecule has 0 N–H and O–H groups in total. The molecule has 0 spiro atoms. The van der Waals surface area contributed by atoms with E-state index in [4.69, 9.17) is 11.6 Å². The first kappa shape index (κ1) is 11.8. The molecule has 1 saturated heterocycles. The second-order valence-electron chi connectivity index (χ2n) is 4.25. The molecule has 2 atom stereocenters. The Balaban J connectivity index is 2.50. The molecule has 1 rings (SSSR count). The summed E-state index contributed by atoms with van der Waals surface area (Å²) in [7, 11) is 4.13. The second kappa shape index (κ2) is 4.99. The lowest BCUT2D eigenvalue weighted by molar-refractivity contribution is -0.129. The third kappa shape index (κ3) is 2.61. The SMILES string of the molecule is CC1CN(C(=O)CCCl)CC1N(C)C. The van der Waals surface area contributed by atoms with Crippen molar-refractivity contribution in [3.05, 3.63) is 0 Å². The van der Waals surface area contributed by atoms with Crippen LogP contribution in [0.3, 0.4) is 0 Å². The van der Waals surface area contributed by atoms with Crippen molar-refractivity contribution in [3.8, 4) is 0 Å². The highest BCUT2D eigenvalue weighted by atomic mass is 35.5. The van der Waals surface area contributed by atoms with Gasteiger partial charge in [0, 0.05) is 31.4 Å². The minimum absolute atomic E-state index is 0.191. The predicted octanol–water partition coefficient (Wildman–Crippen LogP) is 1.02. The summed E-state index contributed by atoms with van der Waals surface area (Å²) in [5.41, 5.74) is 0. The van der Waals surface area contributed by atoms with Crippen LogP contribution in [0.5, 0.6) is 0 Å². The van der Waals surface area contributed by atoms with Gasteiger partial charge in [-0.15, -0.1) is 11.6 Å². The first-order chi connectivity index (χ1) is 6.56. The van der Waals surface area contributed by atoms with Gasteiger partial charge in [0.15, 0.2) is 0 Å². The highest BCUT2D eigenvalue weighted by Crippen LogP contribution is 2.20. The largest absolute Gasteiger partial charge is 0.341 e. The molecule has 4 heteroatoms. The summed E-state index contributed by atoms with van der Waals surface area (Å²) >= 11 is 5.55. The van der Waals surface area contributed by atoms with Crippen molar-refractivity contribution >= 4 is 17.5 Å². The van der Waals surface area contributed by atoms with Gasteiger partial charge in [0.05, 0.1) is 0 Å². The summed E-state index contributed by atoms with van der Waals surface area (Å²) in [6.45, 7) is 3.92. The van der Waals surface area contributed by atoms with Crippen molar-refractivity contribution in [2.45, 2.75) is 19.4 Å². The van der Waals surface area contributed by atoms with Gasteiger partial charge in [0.1, 0.15) is 0 Å². The maximum absolute atomic E-state index is 11.6. The van der Waals surface area contributed by atoms with Gasteiger partial charge in [-0.2, -0.15) is 0 Å². The first-order valence-electron chi connectivity index (χ1n) is 5.06. The summed E-state index contributed by atoms with van der Waals surface area (Å²) in [5, 5.41) is 0. The third-order valence-corrected chi connectivity index (χ3v) is 3.09. The standard InChI is InChI=1S/C10H19ClN2O/c1-8-6-13(10(14)4-5-11)7-9(8)12(2)3/h8-9H,4-7H2,1-3H3. The van der Waals surface area contributed by atoms with E-state index in [9.17, 15) is 4.79 Å². The Morgan fingerprint density at radius 1 is 1.50 bits per heavy atom. The van der Waals surface area contributed by atoms with Crippen LogP contribution in [-0.4, -0.2) is 54.8 Å². The topological polar surface area (TPSA) is 23.6 Å². The number of hydrogen-bond donors (Lipinski definition) is 0. The van der Waals surface area contributed by atoms with E-state index in [1.165, 1.54) is 0 Å². The van der Waals surface area contributed by atoms with Crippen LogP contribution in [-0.2, 0) is 4.79 Å². The lowest BCUT2D eigenvalue weighted by Gasteiger charge is -2.22. The number of hydrogen-bond acceptors (Lipinski definition) is 2. The Labute approximate surface area is 91.0 Å². The van der Waals surface area contributed by atoms with Crippen LogP contribution in [0.1, 0.15) is 13.3 Å². The summed E-state index contributed by atoms with van der Waals surface area (Å²) in [6.07, 6.45) is 0.467. The Hall–Kier alpha value is -0.280. The molecule has 0 aromatic carbocycles. The van der Waals surface area contributed by atoms with Gasteiger partial charge in [-0.3, -0.25) is 4.79 Å². The minimum atomic E-state index is 0.191. The van der Waals surface area contributed by atoms with Gasteiger partial charge in [0.25, 0.3) is 0 Å². The van der Waals surface area contributed by atoms with Crippen LogP contribution in [0, 0.1) is 5.92 Å². The van der Waals surface area contributed by atoms with Crippen molar-refractivity contribution in [2.24, 2.45) is 5.92 Å². The zero-order valence-electron chi connectivity index (χ0n) is 9.16. The van der Waals surface area contributed by atoms with Crippen molar-refractivity contribution < 1.29 is 4.79 Å². The van der Waals surface area contributed by atoms with Gasteiger partial charge in [-0.1, -0.05) is 6.92 Å². The average molecular weight is 219 g/mol. The van der Waals surface area contributed by atoms with E-state index in [-0.39, 0.29) is 5.91 Å². The molecule has 82 valence electrons. The van der Waals surface area contributed by atoms with Crippen molar-refractivity contribution in [1.29, 1.82) is 0 Å². The molecule has 1 amide bonds. The maximum Gasteiger partial charge on any atom is 0.223 e. The van der Waals surface area contributed by atoms with E-state index in [0.717, 1.165) is 13.1 Å². The van der Waals surface area contributed by atoms with Crippen LogP contribution in [0.4, 0.5) is 0 Å². The van der Waals surface area contributed by atoms with Crippen LogP contribution in [0.2, 0.25) is 0 Å². The molecule has 0 saturated carbocycles. The fourth-order valence-electron chi connectivity index (χ4n) is 2.06. The van der Waals surface area contributed by atoms with Gasteiger partial charge in [-0.05, 0) is 20.0 Å². The number of amides is 1. The fourth-order valence-corrected chi connectivity index (χ4v) is 2.23. The number of halogens is 1. The summed E-state index contributed by atoms with van der Waals surface area (Å²) < 4.78 is 0. The van der Waals surface area contributed by atoms with Gasteiger partial charge >= 0.3 is 0 Å². The molecule has 2 unspecified atom stereocenters. The zero-order chi connectivity index (χ0) is 10.7. The van der Waals surface area contributed by atoms with E-state index >= 15 is 0 Å². The van der Waals surface area contributed by atoms with Gasteiger partial charge < -0.3 is 9.80 Å². The maximum atomic E-state index is 11.6. The number of alkyl halides is 1. The number of carbonyl (C=O) groups is 1. The monoisotopic (exact) mass is 218 g/mol. The second-order valence-corrected chi connectivity index (χ2v) is 4.62.